The van der Waals surface area contributed by atoms with Crippen LogP contribution >= 0.6 is 11.6 Å². The van der Waals surface area contributed by atoms with E-state index in [1.54, 1.807) is 6.07 Å². The van der Waals surface area contributed by atoms with Gasteiger partial charge in [-0.3, -0.25) is 4.90 Å². The molecule has 2 aliphatic rings. The number of nitrogens with zero attached hydrogens (tertiary/aromatic N) is 2. The van der Waals surface area contributed by atoms with Crippen molar-refractivity contribution in [2.24, 2.45) is 0 Å². The van der Waals surface area contributed by atoms with E-state index in [2.05, 4.69) is 10.2 Å². The van der Waals surface area contributed by atoms with Gasteiger partial charge in [-0.2, -0.15) is 0 Å². The minimum atomic E-state index is -0.0471. The molecule has 1 aromatic rings. The smallest absolute Gasteiger partial charge is 0.321 e. The van der Waals surface area contributed by atoms with E-state index in [1.807, 2.05) is 23.1 Å². The Bertz CT molecular complexity index is 494. The maximum absolute atomic E-state index is 12.2. The highest BCUT2D eigenvalue weighted by Gasteiger charge is 2.34. The summed E-state index contributed by atoms with van der Waals surface area (Å²) < 4.78 is 0. The molecule has 0 bridgehead atoms. The highest BCUT2D eigenvalue weighted by Crippen LogP contribution is 2.23. The van der Waals surface area contributed by atoms with Gasteiger partial charge in [0.25, 0.3) is 0 Å². The summed E-state index contributed by atoms with van der Waals surface area (Å²) in [5, 5.41) is 3.46. The number of rotatable bonds is 2. The number of carbonyl (C=O) groups excluding carboxylic acids is 1. The quantitative estimate of drug-likeness (QED) is 0.908. The summed E-state index contributed by atoms with van der Waals surface area (Å²) in [7, 11) is 0. The van der Waals surface area contributed by atoms with Crippen molar-refractivity contribution in [3.8, 4) is 0 Å². The van der Waals surface area contributed by atoms with Crippen molar-refractivity contribution in [1.29, 1.82) is 0 Å². The minimum Gasteiger partial charge on any atom is -0.321 e. The molecule has 114 valence electrons. The first-order chi connectivity index (χ1) is 10.2. The Morgan fingerprint density at radius 2 is 1.76 bits per heavy atom. The van der Waals surface area contributed by atoms with Crippen LogP contribution < -0.4 is 5.32 Å². The van der Waals surface area contributed by atoms with Crippen LogP contribution in [0.2, 0.25) is 5.02 Å². The van der Waals surface area contributed by atoms with E-state index in [0.717, 1.165) is 13.1 Å². The average molecular weight is 308 g/mol. The fourth-order valence-electron chi connectivity index (χ4n) is 3.07. The Morgan fingerprint density at radius 3 is 2.43 bits per heavy atom. The Hall–Kier alpha value is -1.26. The molecule has 1 aromatic carbocycles. The standard InChI is InChI=1S/C16H22ClN3O/c17-14-7-3-4-8-15(14)18-16(21)20-11-13(12-20)19-9-5-1-2-6-10-19/h3-4,7-8,13H,1-2,5-6,9-12H2,(H,18,21). The predicted molar refractivity (Wildman–Crippen MR) is 85.9 cm³/mol. The van der Waals surface area contributed by atoms with E-state index in [1.165, 1.54) is 38.8 Å². The fraction of sp³-hybridized carbons (Fsp3) is 0.562. The molecule has 21 heavy (non-hydrogen) atoms. The van der Waals surface area contributed by atoms with Gasteiger partial charge in [-0.25, -0.2) is 4.79 Å². The Kier molecular flexibility index (Phi) is 4.66. The molecular formula is C16H22ClN3O. The van der Waals surface area contributed by atoms with Crippen LogP contribution in [0.5, 0.6) is 0 Å². The van der Waals surface area contributed by atoms with Gasteiger partial charge in [0, 0.05) is 19.1 Å². The average Bonchev–Trinajstić information content (AvgIpc) is 2.69. The van der Waals surface area contributed by atoms with Crippen LogP contribution in [0.15, 0.2) is 24.3 Å². The van der Waals surface area contributed by atoms with Crippen LogP contribution in [0.1, 0.15) is 25.7 Å². The maximum atomic E-state index is 12.2. The third-order valence-corrected chi connectivity index (χ3v) is 4.75. The SMILES string of the molecule is O=C(Nc1ccccc1Cl)N1CC(N2CCCCCC2)C1. The Balaban J connectivity index is 1.49. The minimum absolute atomic E-state index is 0.0471. The molecule has 0 saturated carbocycles. The van der Waals surface area contributed by atoms with Gasteiger partial charge in [-0.1, -0.05) is 36.6 Å². The van der Waals surface area contributed by atoms with Crippen LogP contribution in [0, 0.1) is 0 Å². The van der Waals surface area contributed by atoms with E-state index in [0.29, 0.717) is 16.8 Å². The molecule has 2 fully saturated rings. The second-order valence-corrected chi connectivity index (χ2v) is 6.33. The molecule has 0 radical (unpaired) electrons. The van der Waals surface area contributed by atoms with Crippen molar-refractivity contribution in [2.75, 3.05) is 31.5 Å². The molecule has 0 aromatic heterocycles. The molecule has 0 aliphatic carbocycles. The summed E-state index contributed by atoms with van der Waals surface area (Å²) >= 11 is 6.06. The summed E-state index contributed by atoms with van der Waals surface area (Å²) in [4.78, 5) is 16.6. The molecule has 5 heteroatoms. The molecule has 2 heterocycles. The molecule has 0 atom stereocenters. The molecule has 2 saturated heterocycles. The molecule has 2 amide bonds. The van der Waals surface area contributed by atoms with Crippen molar-refractivity contribution in [1.82, 2.24) is 9.80 Å². The lowest BCUT2D eigenvalue weighted by Crippen LogP contribution is -2.62. The maximum Gasteiger partial charge on any atom is 0.321 e. The zero-order chi connectivity index (χ0) is 14.7. The lowest BCUT2D eigenvalue weighted by atomic mass is 10.1. The summed E-state index contributed by atoms with van der Waals surface area (Å²) in [6.07, 6.45) is 5.28. The van der Waals surface area contributed by atoms with Crippen LogP contribution in [0.3, 0.4) is 0 Å². The molecule has 0 spiro atoms. The number of amides is 2. The summed E-state index contributed by atoms with van der Waals surface area (Å²) in [5.74, 6) is 0. The number of likely N-dealkylation sites (tertiary alicyclic amines) is 2. The lowest BCUT2D eigenvalue weighted by Gasteiger charge is -2.45. The predicted octanol–water partition coefficient (Wildman–Crippen LogP) is 3.43. The van der Waals surface area contributed by atoms with Crippen LogP contribution in [-0.2, 0) is 0 Å². The van der Waals surface area contributed by atoms with Crippen molar-refractivity contribution < 1.29 is 4.79 Å². The molecule has 0 unspecified atom stereocenters. The second-order valence-electron chi connectivity index (χ2n) is 5.92. The topological polar surface area (TPSA) is 35.6 Å². The molecular weight excluding hydrogens is 286 g/mol. The molecule has 3 rings (SSSR count). The molecule has 4 nitrogen and oxygen atoms in total. The fourth-order valence-corrected chi connectivity index (χ4v) is 3.25. The number of benzene rings is 1. The van der Waals surface area contributed by atoms with Crippen molar-refractivity contribution in [3.05, 3.63) is 29.3 Å². The first kappa shape index (κ1) is 14.7. The zero-order valence-corrected chi connectivity index (χ0v) is 13.0. The zero-order valence-electron chi connectivity index (χ0n) is 12.2. The van der Waals surface area contributed by atoms with Gasteiger partial charge >= 0.3 is 6.03 Å². The normalized spacial score (nSPS) is 20.7. The largest absolute Gasteiger partial charge is 0.321 e. The third kappa shape index (κ3) is 3.50. The van der Waals surface area contributed by atoms with Crippen molar-refractivity contribution in [3.63, 3.8) is 0 Å². The second kappa shape index (κ2) is 6.67. The van der Waals surface area contributed by atoms with Crippen molar-refractivity contribution >= 4 is 23.3 Å². The van der Waals surface area contributed by atoms with Crippen molar-refractivity contribution in [2.45, 2.75) is 31.7 Å². The van der Waals surface area contributed by atoms with Gasteiger partial charge in [-0.15, -0.1) is 0 Å². The number of para-hydroxylation sites is 1. The first-order valence-corrected chi connectivity index (χ1v) is 8.16. The number of halogens is 1. The summed E-state index contributed by atoms with van der Waals surface area (Å²) in [5.41, 5.74) is 0.683. The monoisotopic (exact) mass is 307 g/mol. The summed E-state index contributed by atoms with van der Waals surface area (Å²) in [6.45, 7) is 4.03. The number of anilines is 1. The van der Waals surface area contributed by atoms with Gasteiger partial charge < -0.3 is 10.2 Å². The number of urea groups is 1. The van der Waals surface area contributed by atoms with E-state index in [9.17, 15) is 4.79 Å². The molecule has 1 N–H and O–H groups in total. The van der Waals surface area contributed by atoms with Gasteiger partial charge in [0.15, 0.2) is 0 Å². The number of carbonyl (C=O) groups is 1. The van der Waals surface area contributed by atoms with Crippen LogP contribution in [0.25, 0.3) is 0 Å². The van der Waals surface area contributed by atoms with E-state index in [-0.39, 0.29) is 6.03 Å². The van der Waals surface area contributed by atoms with Gasteiger partial charge in [-0.05, 0) is 38.1 Å². The van der Waals surface area contributed by atoms with Gasteiger partial charge in [0.1, 0.15) is 0 Å². The van der Waals surface area contributed by atoms with Gasteiger partial charge in [0.2, 0.25) is 0 Å². The van der Waals surface area contributed by atoms with E-state index < -0.39 is 0 Å². The highest BCUT2D eigenvalue weighted by molar-refractivity contribution is 6.33. The summed E-state index contributed by atoms with van der Waals surface area (Å²) in [6, 6.07) is 7.84. The van der Waals surface area contributed by atoms with E-state index in [4.69, 9.17) is 11.6 Å². The van der Waals surface area contributed by atoms with E-state index >= 15 is 0 Å². The number of nitrogens with one attached hydrogen (secondary N) is 1. The number of hydrogen-bond donors (Lipinski definition) is 1. The van der Waals surface area contributed by atoms with Gasteiger partial charge in [0.05, 0.1) is 10.7 Å². The lowest BCUT2D eigenvalue weighted by molar-refractivity contribution is 0.0639. The number of hydrogen-bond acceptors (Lipinski definition) is 2. The van der Waals surface area contributed by atoms with Crippen LogP contribution in [-0.4, -0.2) is 48.1 Å². The Morgan fingerprint density at radius 1 is 1.10 bits per heavy atom. The first-order valence-electron chi connectivity index (χ1n) is 7.78. The molecule has 2 aliphatic heterocycles. The Labute approximate surface area is 131 Å². The third-order valence-electron chi connectivity index (χ3n) is 4.42. The highest BCUT2D eigenvalue weighted by atomic mass is 35.5. The van der Waals surface area contributed by atoms with Crippen LogP contribution in [0.4, 0.5) is 10.5 Å².